The van der Waals surface area contributed by atoms with Crippen molar-refractivity contribution in [3.8, 4) is 0 Å². The fraction of sp³-hybridized carbons (Fsp3) is 0.636. The molecule has 1 heterocycles. The van der Waals surface area contributed by atoms with Gasteiger partial charge in [-0.1, -0.05) is 15.9 Å². The number of rotatable bonds is 5. The van der Waals surface area contributed by atoms with Gasteiger partial charge < -0.3 is 4.74 Å². The first-order valence-electron chi connectivity index (χ1n) is 5.61. The number of carbonyl (C=O) groups excluding carboxylic acids is 2. The van der Waals surface area contributed by atoms with E-state index >= 15 is 0 Å². The largest absolute Gasteiger partial charge is 0.479 e. The monoisotopic (exact) mass is 343 g/mol. The molecule has 19 heavy (non-hydrogen) atoms. The number of carbonyl (C=O) groups is 2. The summed E-state index contributed by atoms with van der Waals surface area (Å²) in [7, 11) is 0. The number of ketones is 1. The van der Waals surface area contributed by atoms with Gasteiger partial charge in [-0.3, -0.25) is 14.5 Å². The Morgan fingerprint density at radius 1 is 1.58 bits per heavy atom. The Morgan fingerprint density at radius 2 is 2.21 bits per heavy atom. The summed E-state index contributed by atoms with van der Waals surface area (Å²) in [5, 5.41) is 0.557. The third kappa shape index (κ3) is 4.22. The second-order valence-electron chi connectivity index (χ2n) is 4.01. The molecule has 8 heteroatoms. The van der Waals surface area contributed by atoms with Gasteiger partial charge >= 0.3 is 6.18 Å². The number of allylic oxidation sites excluding steroid dienone is 1. The van der Waals surface area contributed by atoms with Gasteiger partial charge in [0.1, 0.15) is 0 Å². The molecule has 1 unspecified atom stereocenters. The lowest BCUT2D eigenvalue weighted by Gasteiger charge is -2.20. The van der Waals surface area contributed by atoms with E-state index in [1.165, 1.54) is 0 Å². The Balaban J connectivity index is 2.92. The van der Waals surface area contributed by atoms with Gasteiger partial charge in [-0.15, -0.1) is 0 Å². The van der Waals surface area contributed by atoms with Crippen LogP contribution in [0.1, 0.15) is 13.3 Å². The van der Waals surface area contributed by atoms with Gasteiger partial charge in [0.2, 0.25) is 5.91 Å². The van der Waals surface area contributed by atoms with Gasteiger partial charge in [-0.05, 0) is 12.8 Å². The van der Waals surface area contributed by atoms with Crippen molar-refractivity contribution in [2.24, 2.45) is 5.92 Å². The minimum Gasteiger partial charge on any atom is -0.479 e. The van der Waals surface area contributed by atoms with Gasteiger partial charge in [0.25, 0.3) is 5.78 Å². The van der Waals surface area contributed by atoms with Crippen LogP contribution >= 0.6 is 15.9 Å². The Hall–Kier alpha value is -1.05. The molecule has 1 atom stereocenters. The Morgan fingerprint density at radius 3 is 2.63 bits per heavy atom. The zero-order valence-electron chi connectivity index (χ0n) is 10.2. The van der Waals surface area contributed by atoms with Crippen molar-refractivity contribution < 1.29 is 27.5 Å². The van der Waals surface area contributed by atoms with Crippen LogP contribution in [0.3, 0.4) is 0 Å². The van der Waals surface area contributed by atoms with Crippen LogP contribution in [0.2, 0.25) is 0 Å². The predicted molar refractivity (Wildman–Crippen MR) is 64.4 cm³/mol. The summed E-state index contributed by atoms with van der Waals surface area (Å²) in [4.78, 5) is 23.7. The summed E-state index contributed by atoms with van der Waals surface area (Å²) in [5.74, 6) is -2.72. The highest BCUT2D eigenvalue weighted by Crippen LogP contribution is 2.25. The van der Waals surface area contributed by atoms with Crippen molar-refractivity contribution in [1.29, 1.82) is 0 Å². The quantitative estimate of drug-likeness (QED) is 0.437. The number of ether oxygens (including phenoxy) is 1. The van der Waals surface area contributed by atoms with Crippen LogP contribution in [0.25, 0.3) is 0 Å². The van der Waals surface area contributed by atoms with Crippen molar-refractivity contribution in [3.05, 3.63) is 12.0 Å². The molecule has 0 N–H and O–H groups in total. The van der Waals surface area contributed by atoms with Gasteiger partial charge in [0.15, 0.2) is 5.88 Å². The maximum Gasteiger partial charge on any atom is 0.454 e. The van der Waals surface area contributed by atoms with E-state index in [0.29, 0.717) is 11.4 Å². The number of likely N-dealkylation sites (tertiary alicyclic amines) is 1. The Labute approximate surface area is 116 Å². The minimum absolute atomic E-state index is 0.00246. The van der Waals surface area contributed by atoms with Crippen LogP contribution in [0.5, 0.6) is 0 Å². The van der Waals surface area contributed by atoms with E-state index in [4.69, 9.17) is 4.74 Å². The maximum atomic E-state index is 12.2. The molecule has 0 radical (unpaired) electrons. The number of nitrogens with zero attached hydrogens (tertiary/aromatic N) is 1. The molecule has 1 amide bonds. The second kappa shape index (κ2) is 6.40. The van der Waals surface area contributed by atoms with Gasteiger partial charge in [-0.2, -0.15) is 13.2 Å². The molecule has 1 saturated heterocycles. The van der Waals surface area contributed by atoms with Crippen LogP contribution in [-0.2, 0) is 14.3 Å². The summed E-state index contributed by atoms with van der Waals surface area (Å²) in [5.41, 5.74) is 0. The summed E-state index contributed by atoms with van der Waals surface area (Å²) in [6.45, 7) is 1.87. The number of halogens is 4. The van der Waals surface area contributed by atoms with E-state index in [-0.39, 0.29) is 37.3 Å². The molecule has 4 nitrogen and oxygen atoms in total. The second-order valence-corrected chi connectivity index (χ2v) is 4.65. The zero-order valence-corrected chi connectivity index (χ0v) is 11.8. The molecule has 108 valence electrons. The number of hydrogen-bond donors (Lipinski definition) is 0. The van der Waals surface area contributed by atoms with Crippen LogP contribution in [-0.4, -0.2) is 41.2 Å². The van der Waals surface area contributed by atoms with Gasteiger partial charge in [0, 0.05) is 18.3 Å². The lowest BCUT2D eigenvalue weighted by Crippen LogP contribution is -2.29. The van der Waals surface area contributed by atoms with E-state index in [1.54, 1.807) is 6.92 Å². The maximum absolute atomic E-state index is 12.2. The topological polar surface area (TPSA) is 46.6 Å². The number of hydrogen-bond acceptors (Lipinski definition) is 3. The molecular formula is C11H13BrF3NO3. The van der Waals surface area contributed by atoms with Gasteiger partial charge in [0.05, 0.1) is 12.7 Å². The summed E-state index contributed by atoms with van der Waals surface area (Å²) in [6, 6.07) is 0. The molecule has 0 aromatic rings. The molecule has 1 aliphatic rings. The average Bonchev–Trinajstić information content (AvgIpc) is 2.68. The van der Waals surface area contributed by atoms with E-state index in [1.807, 2.05) is 0 Å². The molecule has 0 bridgehead atoms. The third-order valence-corrected chi connectivity index (χ3v) is 3.43. The number of alkyl halides is 4. The summed E-state index contributed by atoms with van der Waals surface area (Å²) < 4.78 is 41.6. The summed E-state index contributed by atoms with van der Waals surface area (Å²) in [6.07, 6.45) is -4.42. The predicted octanol–water partition coefficient (Wildman–Crippen LogP) is 2.24. The normalized spacial score (nSPS) is 20.9. The van der Waals surface area contributed by atoms with Crippen molar-refractivity contribution >= 4 is 27.6 Å². The molecule has 1 aliphatic heterocycles. The van der Waals surface area contributed by atoms with Crippen LogP contribution in [0.15, 0.2) is 12.0 Å². The lowest BCUT2D eigenvalue weighted by molar-refractivity contribution is -0.165. The average molecular weight is 344 g/mol. The van der Waals surface area contributed by atoms with Crippen molar-refractivity contribution in [2.45, 2.75) is 19.5 Å². The first-order valence-corrected chi connectivity index (χ1v) is 6.73. The fourth-order valence-corrected chi connectivity index (χ4v) is 2.07. The van der Waals surface area contributed by atoms with Crippen molar-refractivity contribution in [2.75, 3.05) is 18.5 Å². The highest BCUT2D eigenvalue weighted by Gasteiger charge is 2.39. The minimum atomic E-state index is -4.97. The standard InChI is InChI=1S/C11H13BrF3NO3/c1-2-19-10(4-8(17)11(13,14)15)16-6-7(5-12)3-9(16)18/h4,7H,2-3,5-6H2,1H3. The fourth-order valence-electron chi connectivity index (χ4n) is 1.64. The van der Waals surface area contributed by atoms with E-state index in [0.717, 1.165) is 4.90 Å². The van der Waals surface area contributed by atoms with E-state index in [2.05, 4.69) is 15.9 Å². The Bertz CT molecular complexity index is 395. The molecule has 0 saturated carbocycles. The van der Waals surface area contributed by atoms with Crippen LogP contribution < -0.4 is 0 Å². The van der Waals surface area contributed by atoms with Crippen molar-refractivity contribution in [1.82, 2.24) is 4.90 Å². The molecular weight excluding hydrogens is 331 g/mol. The van der Waals surface area contributed by atoms with Crippen LogP contribution in [0, 0.1) is 5.92 Å². The molecule has 1 rings (SSSR count). The first kappa shape index (κ1) is 16.0. The van der Waals surface area contributed by atoms with Gasteiger partial charge in [-0.25, -0.2) is 0 Å². The molecule has 0 aliphatic carbocycles. The highest BCUT2D eigenvalue weighted by molar-refractivity contribution is 9.09. The van der Waals surface area contributed by atoms with E-state index < -0.39 is 12.0 Å². The van der Waals surface area contributed by atoms with Crippen molar-refractivity contribution in [3.63, 3.8) is 0 Å². The zero-order chi connectivity index (χ0) is 14.6. The molecule has 0 aromatic carbocycles. The smallest absolute Gasteiger partial charge is 0.454 e. The first-order chi connectivity index (χ1) is 8.79. The summed E-state index contributed by atoms with van der Waals surface area (Å²) >= 11 is 3.22. The Kier molecular flexibility index (Phi) is 5.39. The lowest BCUT2D eigenvalue weighted by atomic mass is 10.2. The molecule has 0 spiro atoms. The molecule has 1 fully saturated rings. The number of amides is 1. The van der Waals surface area contributed by atoms with E-state index in [9.17, 15) is 22.8 Å². The third-order valence-electron chi connectivity index (χ3n) is 2.52. The molecule has 0 aromatic heterocycles. The van der Waals surface area contributed by atoms with Crippen LogP contribution in [0.4, 0.5) is 13.2 Å². The SMILES string of the molecule is CCOC(=CC(=O)C(F)(F)F)N1CC(CBr)CC1=O. The highest BCUT2D eigenvalue weighted by atomic mass is 79.9.